The van der Waals surface area contributed by atoms with Gasteiger partial charge in [0, 0.05) is 18.7 Å². The highest BCUT2D eigenvalue weighted by molar-refractivity contribution is 7.14. The molecule has 0 radical (unpaired) electrons. The van der Waals surface area contributed by atoms with Crippen LogP contribution in [0.15, 0.2) is 35.7 Å². The zero-order valence-electron chi connectivity index (χ0n) is 15.3. The number of hydrogen-bond acceptors (Lipinski definition) is 4. The van der Waals surface area contributed by atoms with E-state index in [4.69, 9.17) is 0 Å². The summed E-state index contributed by atoms with van der Waals surface area (Å²) in [6.07, 6.45) is 0.900. The maximum Gasteiger partial charge on any atom is 0.308 e. The van der Waals surface area contributed by atoms with Gasteiger partial charge in [0.1, 0.15) is 5.00 Å². The molecular weight excluding hydrogens is 364 g/mol. The molecule has 1 aliphatic heterocycles. The van der Waals surface area contributed by atoms with Crippen LogP contribution in [0, 0.1) is 11.8 Å². The number of benzene rings is 1. The highest BCUT2D eigenvalue weighted by atomic mass is 32.1. The maximum absolute atomic E-state index is 12.8. The monoisotopic (exact) mass is 386 g/mol. The number of carbonyl (C=O) groups is 3. The topological polar surface area (TPSA) is 86.7 Å². The largest absolute Gasteiger partial charge is 0.481 e. The third kappa shape index (κ3) is 4.03. The second-order valence-corrected chi connectivity index (χ2v) is 7.72. The number of anilines is 1. The van der Waals surface area contributed by atoms with Gasteiger partial charge in [-0.2, -0.15) is 0 Å². The molecule has 2 heterocycles. The normalized spacial score (nSPS) is 19.1. The molecule has 3 rings (SSSR count). The molecule has 1 aromatic heterocycles. The number of carbonyl (C=O) groups excluding carboxylic acids is 2. The molecule has 142 valence electrons. The first-order valence-electron chi connectivity index (χ1n) is 8.90. The predicted octanol–water partition coefficient (Wildman–Crippen LogP) is 3.36. The Labute approximate surface area is 161 Å². The number of nitrogens with one attached hydrogen (secondary N) is 1. The Balaban J connectivity index is 1.73. The summed E-state index contributed by atoms with van der Waals surface area (Å²) in [6, 6.07) is 9.02. The number of amides is 2. The Morgan fingerprint density at radius 3 is 2.48 bits per heavy atom. The lowest BCUT2D eigenvalue weighted by Gasteiger charge is -2.16. The molecule has 0 bridgehead atoms. The molecule has 2 atom stereocenters. The van der Waals surface area contributed by atoms with Crippen molar-refractivity contribution in [3.63, 3.8) is 0 Å². The smallest absolute Gasteiger partial charge is 0.308 e. The van der Waals surface area contributed by atoms with Gasteiger partial charge in [0.2, 0.25) is 0 Å². The lowest BCUT2D eigenvalue weighted by Crippen LogP contribution is -2.30. The van der Waals surface area contributed by atoms with Gasteiger partial charge in [-0.15, -0.1) is 11.3 Å². The highest BCUT2D eigenvalue weighted by Gasteiger charge is 2.37. The molecule has 0 aliphatic carbocycles. The van der Waals surface area contributed by atoms with Gasteiger partial charge in [0.15, 0.2) is 0 Å². The van der Waals surface area contributed by atoms with E-state index >= 15 is 0 Å². The Morgan fingerprint density at radius 1 is 1.19 bits per heavy atom. The predicted molar refractivity (Wildman–Crippen MR) is 104 cm³/mol. The molecule has 0 unspecified atom stereocenters. The van der Waals surface area contributed by atoms with Gasteiger partial charge in [-0.1, -0.05) is 26.0 Å². The van der Waals surface area contributed by atoms with E-state index in [0.717, 1.165) is 12.0 Å². The maximum atomic E-state index is 12.8. The number of rotatable bonds is 5. The summed E-state index contributed by atoms with van der Waals surface area (Å²) in [7, 11) is 0. The lowest BCUT2D eigenvalue weighted by molar-refractivity contribution is -0.142. The van der Waals surface area contributed by atoms with E-state index in [1.807, 2.05) is 26.0 Å². The quantitative estimate of drug-likeness (QED) is 0.825. The van der Waals surface area contributed by atoms with Crippen LogP contribution < -0.4 is 5.32 Å². The second-order valence-electron chi connectivity index (χ2n) is 6.80. The molecule has 0 saturated carbocycles. The molecule has 1 fully saturated rings. The molecule has 0 spiro atoms. The van der Waals surface area contributed by atoms with Gasteiger partial charge >= 0.3 is 5.97 Å². The van der Waals surface area contributed by atoms with Gasteiger partial charge in [-0.3, -0.25) is 14.4 Å². The van der Waals surface area contributed by atoms with Crippen molar-refractivity contribution in [1.29, 1.82) is 0 Å². The van der Waals surface area contributed by atoms with Gasteiger partial charge in [-0.25, -0.2) is 0 Å². The number of aliphatic carboxylic acids is 1. The third-order valence-corrected chi connectivity index (χ3v) is 5.79. The molecule has 6 nitrogen and oxygen atoms in total. The molecule has 2 N–H and O–H groups in total. The minimum absolute atomic E-state index is 0.0970. The third-order valence-electron chi connectivity index (χ3n) is 4.96. The standard InChI is InChI=1S/C20H22N2O4S/c1-3-13-4-6-14(7-5-13)17(23)21-18-15(8-9-27-18)19(24)22-10-12(2)16(11-22)20(25)26/h4-9,12,16H,3,10-11H2,1-2H3,(H,21,23)(H,25,26)/t12-,16-/m1/s1. The Hall–Kier alpha value is -2.67. The van der Waals surface area contributed by atoms with Crippen molar-refractivity contribution in [2.45, 2.75) is 20.3 Å². The zero-order chi connectivity index (χ0) is 19.6. The van der Waals surface area contributed by atoms with Gasteiger partial charge in [-0.05, 0) is 41.5 Å². The van der Waals surface area contributed by atoms with E-state index in [-0.39, 0.29) is 24.3 Å². The van der Waals surface area contributed by atoms with Gasteiger partial charge in [0.05, 0.1) is 11.5 Å². The van der Waals surface area contributed by atoms with Crippen LogP contribution in [0.25, 0.3) is 0 Å². The number of nitrogens with zero attached hydrogens (tertiary/aromatic N) is 1. The zero-order valence-corrected chi connectivity index (χ0v) is 16.1. The van der Waals surface area contributed by atoms with E-state index in [9.17, 15) is 19.5 Å². The van der Waals surface area contributed by atoms with E-state index < -0.39 is 11.9 Å². The van der Waals surface area contributed by atoms with Crippen LogP contribution in [-0.4, -0.2) is 40.9 Å². The summed E-state index contributed by atoms with van der Waals surface area (Å²) >= 11 is 1.28. The van der Waals surface area contributed by atoms with Crippen molar-refractivity contribution in [1.82, 2.24) is 4.90 Å². The summed E-state index contributed by atoms with van der Waals surface area (Å²) in [5.74, 6) is -2.05. The van der Waals surface area contributed by atoms with Crippen LogP contribution in [0.5, 0.6) is 0 Å². The number of carboxylic acids is 1. The van der Waals surface area contributed by atoms with E-state index in [2.05, 4.69) is 5.32 Å². The first kappa shape index (κ1) is 19.1. The number of thiophene rings is 1. The van der Waals surface area contributed by atoms with Gasteiger partial charge < -0.3 is 15.3 Å². The first-order chi connectivity index (χ1) is 12.9. The molecule has 1 aromatic carbocycles. The summed E-state index contributed by atoms with van der Waals surface area (Å²) in [5, 5.41) is 14.3. The summed E-state index contributed by atoms with van der Waals surface area (Å²) < 4.78 is 0. The lowest BCUT2D eigenvalue weighted by atomic mass is 9.99. The van der Waals surface area contributed by atoms with Crippen LogP contribution in [-0.2, 0) is 11.2 Å². The first-order valence-corrected chi connectivity index (χ1v) is 9.78. The Kier molecular flexibility index (Phi) is 5.60. The van der Waals surface area contributed by atoms with Crippen LogP contribution in [0.1, 0.15) is 40.1 Å². The van der Waals surface area contributed by atoms with Crippen molar-refractivity contribution in [2.24, 2.45) is 11.8 Å². The van der Waals surface area contributed by atoms with Crippen molar-refractivity contribution in [3.8, 4) is 0 Å². The van der Waals surface area contributed by atoms with Crippen molar-refractivity contribution in [2.75, 3.05) is 18.4 Å². The minimum Gasteiger partial charge on any atom is -0.481 e. The van der Waals surface area contributed by atoms with E-state index in [1.165, 1.54) is 11.3 Å². The average molecular weight is 386 g/mol. The molecule has 7 heteroatoms. The number of carboxylic acid groups (broad SMARTS) is 1. The van der Waals surface area contributed by atoms with E-state index in [1.54, 1.807) is 28.5 Å². The molecule has 1 aliphatic rings. The number of likely N-dealkylation sites (tertiary alicyclic amines) is 1. The molecule has 2 amide bonds. The fraction of sp³-hybridized carbons (Fsp3) is 0.350. The summed E-state index contributed by atoms with van der Waals surface area (Å²) in [5.41, 5.74) is 2.08. The molecular formula is C20H22N2O4S. The van der Waals surface area contributed by atoms with Crippen molar-refractivity contribution in [3.05, 3.63) is 52.4 Å². The van der Waals surface area contributed by atoms with Crippen LogP contribution in [0.4, 0.5) is 5.00 Å². The molecule has 1 saturated heterocycles. The fourth-order valence-electron chi connectivity index (χ4n) is 3.27. The Bertz CT molecular complexity index is 859. The fourth-order valence-corrected chi connectivity index (χ4v) is 4.04. The van der Waals surface area contributed by atoms with Crippen LogP contribution >= 0.6 is 11.3 Å². The van der Waals surface area contributed by atoms with Crippen molar-refractivity contribution >= 4 is 34.1 Å². The van der Waals surface area contributed by atoms with E-state index in [0.29, 0.717) is 22.7 Å². The SMILES string of the molecule is CCc1ccc(C(=O)Nc2sccc2C(=O)N2C[C@@H](C)[C@H](C(=O)O)C2)cc1. The average Bonchev–Trinajstić information content (AvgIpc) is 3.27. The number of hydrogen-bond donors (Lipinski definition) is 2. The summed E-state index contributed by atoms with van der Waals surface area (Å²) in [4.78, 5) is 38.2. The molecule has 2 aromatic rings. The Morgan fingerprint density at radius 2 is 1.89 bits per heavy atom. The minimum atomic E-state index is -0.882. The number of aryl methyl sites for hydroxylation is 1. The van der Waals surface area contributed by atoms with Crippen LogP contribution in [0.2, 0.25) is 0 Å². The summed E-state index contributed by atoms with van der Waals surface area (Å²) in [6.45, 7) is 4.48. The van der Waals surface area contributed by atoms with Crippen LogP contribution in [0.3, 0.4) is 0 Å². The van der Waals surface area contributed by atoms with Gasteiger partial charge in [0.25, 0.3) is 11.8 Å². The second kappa shape index (κ2) is 7.92. The van der Waals surface area contributed by atoms with Crippen molar-refractivity contribution < 1.29 is 19.5 Å². The highest BCUT2D eigenvalue weighted by Crippen LogP contribution is 2.29. The molecule has 27 heavy (non-hydrogen) atoms.